The molecule has 0 radical (unpaired) electrons. The van der Waals surface area contributed by atoms with Crippen molar-refractivity contribution in [3.63, 3.8) is 0 Å². The van der Waals surface area contributed by atoms with Gasteiger partial charge in [-0.2, -0.15) is 5.10 Å². The maximum atomic E-state index is 5.53. The Morgan fingerprint density at radius 1 is 1.41 bits per heavy atom. The van der Waals surface area contributed by atoms with Crippen molar-refractivity contribution in [2.45, 2.75) is 13.5 Å². The molecule has 0 unspecified atom stereocenters. The van der Waals surface area contributed by atoms with Gasteiger partial charge in [0, 0.05) is 12.6 Å². The maximum absolute atomic E-state index is 5.53. The summed E-state index contributed by atoms with van der Waals surface area (Å²) in [5.41, 5.74) is 7.61. The lowest BCUT2D eigenvalue weighted by atomic mass is 10.1. The van der Waals surface area contributed by atoms with E-state index in [1.165, 1.54) is 0 Å². The molecule has 5 nitrogen and oxygen atoms in total. The number of nitrogens with two attached hydrogens (primary N) is 1. The van der Waals surface area contributed by atoms with Gasteiger partial charge in [0.25, 0.3) is 0 Å². The van der Waals surface area contributed by atoms with Crippen LogP contribution in [-0.2, 0) is 13.6 Å². The van der Waals surface area contributed by atoms with Crippen LogP contribution in [0.15, 0.2) is 18.2 Å². The summed E-state index contributed by atoms with van der Waals surface area (Å²) in [4.78, 5) is 4.38. The summed E-state index contributed by atoms with van der Waals surface area (Å²) in [7, 11) is 3.53. The fourth-order valence-electron chi connectivity index (χ4n) is 1.79. The summed E-state index contributed by atoms with van der Waals surface area (Å²) < 4.78 is 6.97. The molecule has 2 N–H and O–H groups in total. The van der Waals surface area contributed by atoms with Gasteiger partial charge in [0.2, 0.25) is 0 Å². The van der Waals surface area contributed by atoms with Crippen molar-refractivity contribution >= 4 is 0 Å². The molecule has 2 aromatic rings. The first-order valence-electron chi connectivity index (χ1n) is 5.40. The zero-order valence-electron chi connectivity index (χ0n) is 10.3. The molecule has 0 aliphatic carbocycles. The molecular formula is C12H16N4O. The van der Waals surface area contributed by atoms with Crippen LogP contribution in [0, 0.1) is 6.92 Å². The van der Waals surface area contributed by atoms with Gasteiger partial charge >= 0.3 is 0 Å². The maximum Gasteiger partial charge on any atom is 0.164 e. The molecule has 0 spiro atoms. The fourth-order valence-corrected chi connectivity index (χ4v) is 1.79. The topological polar surface area (TPSA) is 66.0 Å². The number of hydrogen-bond acceptors (Lipinski definition) is 4. The third-order valence-corrected chi connectivity index (χ3v) is 2.64. The Morgan fingerprint density at radius 2 is 2.18 bits per heavy atom. The second-order valence-electron chi connectivity index (χ2n) is 3.86. The van der Waals surface area contributed by atoms with E-state index in [4.69, 9.17) is 10.5 Å². The summed E-state index contributed by atoms with van der Waals surface area (Å²) in [5.74, 6) is 2.34. The average molecular weight is 232 g/mol. The Kier molecular flexibility index (Phi) is 3.10. The summed E-state index contributed by atoms with van der Waals surface area (Å²) in [5, 5.41) is 4.23. The first-order valence-corrected chi connectivity index (χ1v) is 5.40. The number of methoxy groups -OCH3 is 1. The minimum atomic E-state index is 0.350. The normalized spacial score (nSPS) is 10.6. The van der Waals surface area contributed by atoms with Crippen LogP contribution in [-0.4, -0.2) is 21.9 Å². The Bertz CT molecular complexity index is 533. The lowest BCUT2D eigenvalue weighted by molar-refractivity contribution is 0.412. The molecule has 0 aliphatic heterocycles. The number of ether oxygens (including phenoxy) is 1. The lowest BCUT2D eigenvalue weighted by Gasteiger charge is -2.06. The molecule has 1 aromatic carbocycles. The third kappa shape index (κ3) is 2.14. The van der Waals surface area contributed by atoms with E-state index in [1.807, 2.05) is 32.2 Å². The van der Waals surface area contributed by atoms with Crippen molar-refractivity contribution in [2.24, 2.45) is 12.8 Å². The van der Waals surface area contributed by atoms with E-state index < -0.39 is 0 Å². The summed E-state index contributed by atoms with van der Waals surface area (Å²) >= 11 is 0. The van der Waals surface area contributed by atoms with Gasteiger partial charge < -0.3 is 10.5 Å². The Balaban J connectivity index is 2.45. The SMILES string of the molecule is COc1ccc(-c2nc(CN)nn2C)cc1C. The molecule has 5 heteroatoms. The van der Waals surface area contributed by atoms with Crippen LogP contribution in [0.3, 0.4) is 0 Å². The van der Waals surface area contributed by atoms with Crippen LogP contribution >= 0.6 is 0 Å². The molecule has 0 saturated heterocycles. The molecule has 0 aliphatic rings. The van der Waals surface area contributed by atoms with Crippen LogP contribution < -0.4 is 10.5 Å². The Morgan fingerprint density at radius 3 is 2.71 bits per heavy atom. The van der Waals surface area contributed by atoms with E-state index in [1.54, 1.807) is 11.8 Å². The van der Waals surface area contributed by atoms with E-state index in [9.17, 15) is 0 Å². The Hall–Kier alpha value is -1.88. The molecule has 0 amide bonds. The molecule has 0 fully saturated rings. The zero-order valence-corrected chi connectivity index (χ0v) is 10.3. The van der Waals surface area contributed by atoms with E-state index in [-0.39, 0.29) is 0 Å². The highest BCUT2D eigenvalue weighted by atomic mass is 16.5. The van der Waals surface area contributed by atoms with E-state index in [0.29, 0.717) is 12.4 Å². The van der Waals surface area contributed by atoms with E-state index in [2.05, 4.69) is 10.1 Å². The quantitative estimate of drug-likeness (QED) is 0.865. The summed E-state index contributed by atoms with van der Waals surface area (Å²) in [6.07, 6.45) is 0. The lowest BCUT2D eigenvalue weighted by Crippen LogP contribution is -1.99. The van der Waals surface area contributed by atoms with Crippen molar-refractivity contribution < 1.29 is 4.74 Å². The highest BCUT2D eigenvalue weighted by molar-refractivity contribution is 5.58. The molecule has 1 heterocycles. The number of aromatic nitrogens is 3. The summed E-state index contributed by atoms with van der Waals surface area (Å²) in [6.45, 7) is 2.35. The van der Waals surface area contributed by atoms with Crippen molar-refractivity contribution in [1.82, 2.24) is 14.8 Å². The molecule has 2 rings (SSSR count). The predicted octanol–water partition coefficient (Wildman–Crippen LogP) is 1.26. The average Bonchev–Trinajstić information content (AvgIpc) is 2.70. The van der Waals surface area contributed by atoms with Gasteiger partial charge in [-0.25, -0.2) is 9.67 Å². The van der Waals surface area contributed by atoms with E-state index >= 15 is 0 Å². The second kappa shape index (κ2) is 4.55. The van der Waals surface area contributed by atoms with Crippen LogP contribution in [0.25, 0.3) is 11.4 Å². The van der Waals surface area contributed by atoms with Crippen molar-refractivity contribution in [1.29, 1.82) is 0 Å². The highest BCUT2D eigenvalue weighted by Gasteiger charge is 2.09. The van der Waals surface area contributed by atoms with Crippen molar-refractivity contribution in [3.05, 3.63) is 29.6 Å². The number of rotatable bonds is 3. The highest BCUT2D eigenvalue weighted by Crippen LogP contribution is 2.24. The van der Waals surface area contributed by atoms with Crippen LogP contribution in [0.2, 0.25) is 0 Å². The van der Waals surface area contributed by atoms with E-state index in [0.717, 1.165) is 22.7 Å². The molecule has 0 bridgehead atoms. The van der Waals surface area contributed by atoms with Gasteiger partial charge in [0.1, 0.15) is 5.75 Å². The van der Waals surface area contributed by atoms with Gasteiger partial charge in [0.05, 0.1) is 13.7 Å². The summed E-state index contributed by atoms with van der Waals surface area (Å²) in [6, 6.07) is 5.93. The monoisotopic (exact) mass is 232 g/mol. The molecule has 1 aromatic heterocycles. The molecule has 0 saturated carbocycles. The van der Waals surface area contributed by atoms with Gasteiger partial charge in [-0.15, -0.1) is 0 Å². The van der Waals surface area contributed by atoms with Crippen LogP contribution in [0.1, 0.15) is 11.4 Å². The third-order valence-electron chi connectivity index (χ3n) is 2.64. The van der Waals surface area contributed by atoms with Gasteiger partial charge in [-0.1, -0.05) is 0 Å². The molecule has 17 heavy (non-hydrogen) atoms. The van der Waals surface area contributed by atoms with Gasteiger partial charge in [-0.3, -0.25) is 0 Å². The first kappa shape index (κ1) is 11.6. The van der Waals surface area contributed by atoms with Gasteiger partial charge in [0.15, 0.2) is 11.6 Å². The zero-order chi connectivity index (χ0) is 12.4. The number of benzene rings is 1. The predicted molar refractivity (Wildman–Crippen MR) is 65.6 cm³/mol. The minimum Gasteiger partial charge on any atom is -0.496 e. The number of hydrogen-bond donors (Lipinski definition) is 1. The molecule has 90 valence electrons. The van der Waals surface area contributed by atoms with Gasteiger partial charge in [-0.05, 0) is 30.7 Å². The smallest absolute Gasteiger partial charge is 0.164 e. The fraction of sp³-hybridized carbons (Fsp3) is 0.333. The largest absolute Gasteiger partial charge is 0.496 e. The Labute approximate surface area is 100 Å². The van der Waals surface area contributed by atoms with Crippen molar-refractivity contribution in [2.75, 3.05) is 7.11 Å². The minimum absolute atomic E-state index is 0.350. The van der Waals surface area contributed by atoms with Crippen LogP contribution in [0.5, 0.6) is 5.75 Å². The van der Waals surface area contributed by atoms with Crippen LogP contribution in [0.4, 0.5) is 0 Å². The number of nitrogens with zero attached hydrogens (tertiary/aromatic N) is 3. The molecular weight excluding hydrogens is 216 g/mol. The van der Waals surface area contributed by atoms with Crippen molar-refractivity contribution in [3.8, 4) is 17.1 Å². The molecule has 0 atom stereocenters. The standard InChI is InChI=1S/C12H16N4O/c1-8-6-9(4-5-10(8)17-3)12-14-11(7-13)15-16(12)2/h4-6H,7,13H2,1-3H3. The first-order chi connectivity index (χ1) is 8.15. The number of aryl methyl sites for hydroxylation is 2. The second-order valence-corrected chi connectivity index (χ2v) is 3.86.